The van der Waals surface area contributed by atoms with Gasteiger partial charge in [0, 0.05) is 22.9 Å². The van der Waals surface area contributed by atoms with E-state index < -0.39 is 5.54 Å². The van der Waals surface area contributed by atoms with Crippen LogP contribution in [0.1, 0.15) is 31.5 Å². The molecule has 1 saturated carbocycles. The van der Waals surface area contributed by atoms with Crippen molar-refractivity contribution in [1.29, 1.82) is 0 Å². The zero-order chi connectivity index (χ0) is 17.6. The Morgan fingerprint density at radius 2 is 1.96 bits per heavy atom. The van der Waals surface area contributed by atoms with E-state index in [2.05, 4.69) is 25.9 Å². The molecule has 0 bridgehead atoms. The van der Waals surface area contributed by atoms with E-state index in [-0.39, 0.29) is 6.04 Å². The van der Waals surface area contributed by atoms with Gasteiger partial charge in [0.2, 0.25) is 0 Å². The molecule has 3 aromatic heterocycles. The van der Waals surface area contributed by atoms with E-state index >= 15 is 0 Å². The second-order valence-corrected chi connectivity index (χ2v) is 7.93. The zero-order valence-electron chi connectivity index (χ0n) is 13.5. The summed E-state index contributed by atoms with van der Waals surface area (Å²) in [7, 11) is 0. The van der Waals surface area contributed by atoms with E-state index in [4.69, 9.17) is 28.1 Å². The molecule has 4 rings (SSSR count). The molecule has 3 heterocycles. The van der Waals surface area contributed by atoms with Crippen LogP contribution < -0.4 is 11.5 Å². The molecule has 0 aromatic carbocycles. The van der Waals surface area contributed by atoms with Crippen LogP contribution in [0.15, 0.2) is 35.2 Å². The van der Waals surface area contributed by atoms with E-state index in [1.54, 1.807) is 12.4 Å². The summed E-state index contributed by atoms with van der Waals surface area (Å²) in [4.78, 5) is 13.6. The molecule has 1 aliphatic carbocycles. The van der Waals surface area contributed by atoms with Gasteiger partial charge in [-0.2, -0.15) is 0 Å². The number of aromatic nitrogens is 4. The van der Waals surface area contributed by atoms with Gasteiger partial charge in [0.15, 0.2) is 0 Å². The Morgan fingerprint density at radius 3 is 2.72 bits per heavy atom. The molecular weight excluding hydrogens is 404 g/mol. The van der Waals surface area contributed by atoms with Gasteiger partial charge in [-0.05, 0) is 53.7 Å². The molecule has 1 aliphatic rings. The minimum Gasteiger partial charge on any atom is -0.328 e. The van der Waals surface area contributed by atoms with E-state index in [1.165, 1.54) is 0 Å². The Hall–Kier alpha value is -1.54. The highest BCUT2D eigenvalue weighted by atomic mass is 79.9. The van der Waals surface area contributed by atoms with Crippen molar-refractivity contribution < 1.29 is 0 Å². The lowest BCUT2D eigenvalue weighted by molar-refractivity contribution is 0.265. The molecule has 8 heteroatoms. The first-order valence-corrected chi connectivity index (χ1v) is 9.34. The first-order valence-electron chi connectivity index (χ1n) is 8.17. The van der Waals surface area contributed by atoms with Crippen molar-refractivity contribution in [2.75, 3.05) is 0 Å². The molecule has 0 saturated heterocycles. The Bertz CT molecular complexity index is 932. The number of pyridine rings is 1. The quantitative estimate of drug-likeness (QED) is 0.662. The summed E-state index contributed by atoms with van der Waals surface area (Å²) in [6.45, 7) is 0. The highest BCUT2D eigenvalue weighted by Crippen LogP contribution is 2.35. The number of nitrogens with zero attached hydrogens (tertiary/aromatic N) is 4. The van der Waals surface area contributed by atoms with E-state index in [0.717, 1.165) is 41.5 Å². The molecular formula is C17H18BrClN6. The van der Waals surface area contributed by atoms with Gasteiger partial charge in [-0.1, -0.05) is 11.6 Å². The Labute approximate surface area is 158 Å². The van der Waals surface area contributed by atoms with Crippen LogP contribution in [0.5, 0.6) is 0 Å². The van der Waals surface area contributed by atoms with Gasteiger partial charge in [0.25, 0.3) is 0 Å². The third kappa shape index (κ3) is 3.06. The number of hydrogen-bond acceptors (Lipinski definition) is 5. The van der Waals surface area contributed by atoms with Crippen LogP contribution in [-0.2, 0) is 5.54 Å². The second kappa shape index (κ2) is 6.32. The van der Waals surface area contributed by atoms with Crippen LogP contribution in [0.4, 0.5) is 0 Å². The van der Waals surface area contributed by atoms with E-state index in [9.17, 15) is 0 Å². The monoisotopic (exact) mass is 420 g/mol. The van der Waals surface area contributed by atoms with Crippen LogP contribution in [0.25, 0.3) is 17.0 Å². The minimum atomic E-state index is -0.559. The maximum absolute atomic E-state index is 6.60. The summed E-state index contributed by atoms with van der Waals surface area (Å²) in [6.07, 6.45) is 8.62. The Balaban J connectivity index is 1.81. The topological polar surface area (TPSA) is 95.1 Å². The highest BCUT2D eigenvalue weighted by molar-refractivity contribution is 9.10. The van der Waals surface area contributed by atoms with Crippen LogP contribution in [0.2, 0.25) is 5.02 Å². The highest BCUT2D eigenvalue weighted by Gasteiger charge is 2.35. The molecule has 1 fully saturated rings. The molecule has 3 aromatic rings. The third-order valence-corrected chi connectivity index (χ3v) is 5.57. The van der Waals surface area contributed by atoms with Crippen molar-refractivity contribution in [1.82, 2.24) is 19.4 Å². The number of imidazole rings is 1. The van der Waals surface area contributed by atoms with Gasteiger partial charge in [0.05, 0.1) is 22.5 Å². The predicted octanol–water partition coefficient (Wildman–Crippen LogP) is 3.26. The molecule has 6 nitrogen and oxygen atoms in total. The SMILES string of the molecule is NC1CCC(N)(c2ncc(Cl)c(-c3cnc4ccc(Br)cn34)n2)CC1. The van der Waals surface area contributed by atoms with Crippen LogP contribution in [-0.4, -0.2) is 25.4 Å². The number of fused-ring (bicyclic) bond motifs is 1. The number of hydrogen-bond donors (Lipinski definition) is 2. The summed E-state index contributed by atoms with van der Waals surface area (Å²) >= 11 is 9.88. The molecule has 0 aliphatic heterocycles. The molecule has 4 N–H and O–H groups in total. The lowest BCUT2D eigenvalue weighted by atomic mass is 9.80. The summed E-state index contributed by atoms with van der Waals surface area (Å²) in [5, 5.41) is 0.474. The lowest BCUT2D eigenvalue weighted by Crippen LogP contribution is -2.45. The molecule has 0 unspecified atom stereocenters. The fourth-order valence-electron chi connectivity index (χ4n) is 3.30. The van der Waals surface area contributed by atoms with Crippen molar-refractivity contribution in [2.24, 2.45) is 11.5 Å². The van der Waals surface area contributed by atoms with Gasteiger partial charge >= 0.3 is 0 Å². The van der Waals surface area contributed by atoms with Gasteiger partial charge in [-0.25, -0.2) is 15.0 Å². The van der Waals surface area contributed by atoms with Gasteiger partial charge in [-0.15, -0.1) is 0 Å². The average Bonchev–Trinajstić information content (AvgIpc) is 3.01. The van der Waals surface area contributed by atoms with E-state index in [1.807, 2.05) is 22.7 Å². The predicted molar refractivity (Wildman–Crippen MR) is 101 cm³/mol. The van der Waals surface area contributed by atoms with Crippen LogP contribution >= 0.6 is 27.5 Å². The first kappa shape index (κ1) is 16.9. The van der Waals surface area contributed by atoms with Crippen molar-refractivity contribution in [3.63, 3.8) is 0 Å². The minimum absolute atomic E-state index is 0.208. The average molecular weight is 422 g/mol. The molecule has 130 valence electrons. The zero-order valence-corrected chi connectivity index (χ0v) is 15.8. The van der Waals surface area contributed by atoms with Gasteiger partial charge < -0.3 is 11.5 Å². The van der Waals surface area contributed by atoms with Crippen LogP contribution in [0, 0.1) is 0 Å². The summed E-state index contributed by atoms with van der Waals surface area (Å²) < 4.78 is 2.89. The van der Waals surface area contributed by atoms with Gasteiger partial charge in [-0.3, -0.25) is 4.40 Å². The summed E-state index contributed by atoms with van der Waals surface area (Å²) in [5.74, 6) is 0.615. The van der Waals surface area contributed by atoms with Crippen molar-refractivity contribution in [2.45, 2.75) is 37.3 Å². The standard InChI is InChI=1S/C17H18BrClN6/c18-10-1-2-14-22-8-13(25(14)9-10)15-12(19)7-23-16(24-15)17(21)5-3-11(20)4-6-17/h1-2,7-9,11H,3-6,20-21H2. The fraction of sp³-hybridized carbons (Fsp3) is 0.353. The van der Waals surface area contributed by atoms with Crippen LogP contribution in [0.3, 0.4) is 0 Å². The molecule has 0 atom stereocenters. The third-order valence-electron chi connectivity index (χ3n) is 4.82. The lowest BCUT2D eigenvalue weighted by Gasteiger charge is -2.34. The number of nitrogens with two attached hydrogens (primary N) is 2. The molecule has 0 amide bonds. The molecule has 25 heavy (non-hydrogen) atoms. The normalized spacial score (nSPS) is 23.9. The van der Waals surface area contributed by atoms with Gasteiger partial charge in [0.1, 0.15) is 17.2 Å². The number of rotatable bonds is 2. The summed E-state index contributed by atoms with van der Waals surface area (Å²) in [5.41, 5.74) is 14.3. The second-order valence-electron chi connectivity index (χ2n) is 6.60. The Morgan fingerprint density at radius 1 is 1.20 bits per heavy atom. The maximum atomic E-state index is 6.60. The number of halogens is 2. The largest absolute Gasteiger partial charge is 0.328 e. The fourth-order valence-corrected chi connectivity index (χ4v) is 3.82. The summed E-state index contributed by atoms with van der Waals surface area (Å²) in [6, 6.07) is 4.08. The molecule has 0 radical (unpaired) electrons. The van der Waals surface area contributed by atoms with E-state index in [0.29, 0.717) is 16.5 Å². The Kier molecular flexibility index (Phi) is 4.27. The van der Waals surface area contributed by atoms with Crippen molar-refractivity contribution in [3.8, 4) is 11.4 Å². The smallest absolute Gasteiger partial charge is 0.148 e. The first-order chi connectivity index (χ1) is 12.0. The van der Waals surface area contributed by atoms with Crippen molar-refractivity contribution in [3.05, 3.63) is 46.0 Å². The molecule has 0 spiro atoms. The van der Waals surface area contributed by atoms with Crippen molar-refractivity contribution >= 4 is 33.2 Å². The maximum Gasteiger partial charge on any atom is 0.148 e.